The monoisotopic (exact) mass is 201 g/mol. The van der Waals surface area contributed by atoms with Crippen LogP contribution in [0.4, 0.5) is 0 Å². The third-order valence-electron chi connectivity index (χ3n) is 1.46. The molecule has 0 saturated carbocycles. The van der Waals surface area contributed by atoms with Crippen LogP contribution in [0.5, 0.6) is 0 Å². The summed E-state index contributed by atoms with van der Waals surface area (Å²) >= 11 is 0. The standard InChI is InChI=1S/C8H11O4P/c1-11-13(9,10)12-7-8-5-3-2-4-6-8/h2-6H,7H2,1H3,(H,9,10)/p-1. The Bertz CT molecular complexity index is 298. The average Bonchev–Trinajstić information content (AvgIpc) is 2.17. The van der Waals surface area contributed by atoms with Crippen molar-refractivity contribution >= 4 is 7.82 Å². The van der Waals surface area contributed by atoms with Crippen molar-refractivity contribution in [3.05, 3.63) is 35.9 Å². The number of phosphoric acid groups is 1. The summed E-state index contributed by atoms with van der Waals surface area (Å²) in [5, 5.41) is 0. The fourth-order valence-electron chi connectivity index (χ4n) is 0.781. The Kier molecular flexibility index (Phi) is 3.63. The summed E-state index contributed by atoms with van der Waals surface area (Å²) in [7, 11) is -3.02. The van der Waals surface area contributed by atoms with Crippen molar-refractivity contribution in [2.24, 2.45) is 0 Å². The van der Waals surface area contributed by atoms with Crippen LogP contribution in [0.3, 0.4) is 0 Å². The second-order valence-electron chi connectivity index (χ2n) is 2.39. The van der Waals surface area contributed by atoms with E-state index < -0.39 is 7.82 Å². The van der Waals surface area contributed by atoms with Crippen LogP contribution in [0.25, 0.3) is 0 Å². The summed E-state index contributed by atoms with van der Waals surface area (Å²) in [5.74, 6) is 0. The molecule has 0 aliphatic heterocycles. The minimum atomic E-state index is -4.09. The van der Waals surface area contributed by atoms with Gasteiger partial charge in [0.15, 0.2) is 0 Å². The summed E-state index contributed by atoms with van der Waals surface area (Å²) in [6.45, 7) is 0.00938. The molecule has 0 radical (unpaired) electrons. The highest BCUT2D eigenvalue weighted by atomic mass is 31.2. The lowest BCUT2D eigenvalue weighted by Gasteiger charge is -2.19. The number of hydrogen-bond donors (Lipinski definition) is 0. The van der Waals surface area contributed by atoms with Crippen LogP contribution in [0.2, 0.25) is 0 Å². The SMILES string of the molecule is COP(=O)([O-])OCc1ccccc1. The Morgan fingerprint density at radius 3 is 2.54 bits per heavy atom. The molecule has 5 heteroatoms. The van der Waals surface area contributed by atoms with E-state index in [-0.39, 0.29) is 6.61 Å². The predicted molar refractivity (Wildman–Crippen MR) is 45.8 cm³/mol. The Morgan fingerprint density at radius 2 is 2.00 bits per heavy atom. The molecule has 0 aliphatic rings. The van der Waals surface area contributed by atoms with Gasteiger partial charge in [-0.2, -0.15) is 0 Å². The molecular weight excluding hydrogens is 191 g/mol. The van der Waals surface area contributed by atoms with Gasteiger partial charge in [0.2, 0.25) is 0 Å². The maximum atomic E-state index is 10.8. The molecule has 1 aromatic carbocycles. The minimum absolute atomic E-state index is 0.00938. The molecule has 1 atom stereocenters. The zero-order valence-corrected chi connectivity index (χ0v) is 8.07. The first-order valence-electron chi connectivity index (χ1n) is 3.69. The van der Waals surface area contributed by atoms with E-state index >= 15 is 0 Å². The van der Waals surface area contributed by atoms with E-state index in [1.807, 2.05) is 6.07 Å². The van der Waals surface area contributed by atoms with Gasteiger partial charge in [-0.1, -0.05) is 30.3 Å². The van der Waals surface area contributed by atoms with Gasteiger partial charge in [0, 0.05) is 7.11 Å². The van der Waals surface area contributed by atoms with Crippen LogP contribution in [0.15, 0.2) is 30.3 Å². The van der Waals surface area contributed by atoms with Crippen LogP contribution in [0, 0.1) is 0 Å². The molecule has 1 unspecified atom stereocenters. The molecule has 72 valence electrons. The van der Waals surface area contributed by atoms with Crippen molar-refractivity contribution in [2.75, 3.05) is 7.11 Å². The fourth-order valence-corrected chi connectivity index (χ4v) is 1.19. The normalized spacial score (nSPS) is 15.2. The maximum Gasteiger partial charge on any atom is 0.267 e. The molecule has 0 aromatic heterocycles. The lowest BCUT2D eigenvalue weighted by Crippen LogP contribution is -2.05. The largest absolute Gasteiger partial charge is 0.756 e. The average molecular weight is 201 g/mol. The molecule has 0 spiro atoms. The third kappa shape index (κ3) is 3.70. The van der Waals surface area contributed by atoms with Gasteiger partial charge in [0.1, 0.15) is 0 Å². The van der Waals surface area contributed by atoms with Gasteiger partial charge in [-0.25, -0.2) is 0 Å². The molecule has 1 aromatic rings. The minimum Gasteiger partial charge on any atom is -0.756 e. The molecule has 0 aliphatic carbocycles. The number of phosphoric ester groups is 1. The molecule has 0 bridgehead atoms. The first-order chi connectivity index (χ1) is 6.14. The molecule has 0 amide bonds. The summed E-state index contributed by atoms with van der Waals surface area (Å²) in [5.41, 5.74) is 0.788. The zero-order valence-electron chi connectivity index (χ0n) is 7.17. The third-order valence-corrected chi connectivity index (χ3v) is 2.35. The Labute approximate surface area is 76.7 Å². The molecule has 1 rings (SSSR count). The smallest absolute Gasteiger partial charge is 0.267 e. The van der Waals surface area contributed by atoms with Gasteiger partial charge in [0.05, 0.1) is 6.61 Å². The molecule has 4 nitrogen and oxygen atoms in total. The molecule has 0 fully saturated rings. The summed E-state index contributed by atoms with van der Waals surface area (Å²) in [6, 6.07) is 9.00. The van der Waals surface area contributed by atoms with Crippen molar-refractivity contribution in [1.82, 2.24) is 0 Å². The van der Waals surface area contributed by atoms with Crippen LogP contribution >= 0.6 is 7.82 Å². The summed E-state index contributed by atoms with van der Waals surface area (Å²) in [4.78, 5) is 10.8. The van der Waals surface area contributed by atoms with E-state index in [0.717, 1.165) is 12.7 Å². The lowest BCUT2D eigenvalue weighted by atomic mass is 10.2. The van der Waals surface area contributed by atoms with Gasteiger partial charge in [-0.15, -0.1) is 0 Å². The predicted octanol–water partition coefficient (Wildman–Crippen LogP) is 1.32. The molecular formula is C8H10O4P-. The van der Waals surface area contributed by atoms with Crippen LogP contribution < -0.4 is 4.89 Å². The first kappa shape index (κ1) is 10.4. The van der Waals surface area contributed by atoms with Crippen molar-refractivity contribution in [1.29, 1.82) is 0 Å². The van der Waals surface area contributed by atoms with Crippen molar-refractivity contribution in [3.8, 4) is 0 Å². The van der Waals surface area contributed by atoms with E-state index in [9.17, 15) is 9.46 Å². The topological polar surface area (TPSA) is 58.6 Å². The molecule has 0 N–H and O–H groups in total. The van der Waals surface area contributed by atoms with Crippen molar-refractivity contribution in [3.63, 3.8) is 0 Å². The van der Waals surface area contributed by atoms with Crippen LogP contribution in [-0.4, -0.2) is 7.11 Å². The van der Waals surface area contributed by atoms with Gasteiger partial charge in [-0.3, -0.25) is 4.57 Å². The second kappa shape index (κ2) is 4.53. The van der Waals surface area contributed by atoms with E-state index in [1.165, 1.54) is 0 Å². The van der Waals surface area contributed by atoms with Crippen LogP contribution in [-0.2, 0) is 20.2 Å². The van der Waals surface area contributed by atoms with Gasteiger partial charge < -0.3 is 13.9 Å². The highest BCUT2D eigenvalue weighted by Gasteiger charge is 2.05. The van der Waals surface area contributed by atoms with E-state index in [2.05, 4.69) is 9.05 Å². The number of rotatable bonds is 4. The molecule has 0 saturated heterocycles. The van der Waals surface area contributed by atoms with Crippen LogP contribution in [0.1, 0.15) is 5.56 Å². The number of benzene rings is 1. The summed E-state index contributed by atoms with van der Waals surface area (Å²) < 4.78 is 19.4. The van der Waals surface area contributed by atoms with E-state index in [0.29, 0.717) is 0 Å². The van der Waals surface area contributed by atoms with E-state index in [4.69, 9.17) is 0 Å². The van der Waals surface area contributed by atoms with Crippen molar-refractivity contribution < 1.29 is 18.5 Å². The number of hydrogen-bond acceptors (Lipinski definition) is 4. The Morgan fingerprint density at radius 1 is 1.38 bits per heavy atom. The Balaban J connectivity index is 2.49. The van der Waals surface area contributed by atoms with E-state index in [1.54, 1.807) is 24.3 Å². The van der Waals surface area contributed by atoms with Gasteiger partial charge in [-0.05, 0) is 5.56 Å². The highest BCUT2D eigenvalue weighted by Crippen LogP contribution is 2.37. The lowest BCUT2D eigenvalue weighted by molar-refractivity contribution is -0.224. The second-order valence-corrected chi connectivity index (χ2v) is 3.91. The zero-order chi connectivity index (χ0) is 9.73. The van der Waals surface area contributed by atoms with Gasteiger partial charge >= 0.3 is 0 Å². The maximum absolute atomic E-state index is 10.8. The highest BCUT2D eigenvalue weighted by molar-refractivity contribution is 7.45. The fraction of sp³-hybridized carbons (Fsp3) is 0.250. The molecule has 13 heavy (non-hydrogen) atoms. The quantitative estimate of drug-likeness (QED) is 0.689. The van der Waals surface area contributed by atoms with Gasteiger partial charge in [0.25, 0.3) is 7.82 Å². The molecule has 0 heterocycles. The first-order valence-corrected chi connectivity index (χ1v) is 5.15. The Hall–Kier alpha value is -0.670. The van der Waals surface area contributed by atoms with Crippen molar-refractivity contribution in [2.45, 2.75) is 6.61 Å². The summed E-state index contributed by atoms with van der Waals surface area (Å²) in [6.07, 6.45) is 0.